The molecule has 1 aliphatic carbocycles. The number of furan rings is 1. The van der Waals surface area contributed by atoms with Crippen LogP contribution in [-0.2, 0) is 6.42 Å². The molecule has 0 fully saturated rings. The Labute approximate surface area is 230 Å². The summed E-state index contributed by atoms with van der Waals surface area (Å²) in [6.07, 6.45) is 0.861. The molecule has 9 rings (SSSR count). The van der Waals surface area contributed by atoms with Crippen molar-refractivity contribution in [2.24, 2.45) is 0 Å². The normalized spacial score (nSPS) is 12.2. The molecule has 0 N–H and O–H groups in total. The van der Waals surface area contributed by atoms with E-state index < -0.39 is 0 Å². The zero-order valence-corrected chi connectivity index (χ0v) is 22.0. The van der Waals surface area contributed by atoms with Crippen LogP contribution >= 0.6 is 0 Å². The monoisotopic (exact) mass is 512 g/mol. The van der Waals surface area contributed by atoms with Gasteiger partial charge in [0.1, 0.15) is 17.0 Å². The molecule has 40 heavy (non-hydrogen) atoms. The Morgan fingerprint density at radius 3 is 2.27 bits per heavy atom. The van der Waals surface area contributed by atoms with Crippen LogP contribution in [0.4, 0.5) is 0 Å². The molecule has 0 saturated carbocycles. The van der Waals surface area contributed by atoms with Crippen LogP contribution in [0.1, 0.15) is 12.7 Å². The van der Waals surface area contributed by atoms with Gasteiger partial charge in [-0.15, -0.1) is 0 Å². The SMILES string of the molecule is CCc1nc2ccccc2n1-c1cccc(-c2cccc3oc4c5cccc6c5c(cc4c23)-c2ccccc2-6)c1. The number of aromatic nitrogens is 2. The molecule has 1 aliphatic rings. The fourth-order valence-corrected chi connectivity index (χ4v) is 6.80. The third kappa shape index (κ3) is 2.81. The van der Waals surface area contributed by atoms with E-state index in [9.17, 15) is 0 Å². The largest absolute Gasteiger partial charge is 0.455 e. The summed E-state index contributed by atoms with van der Waals surface area (Å²) in [7, 11) is 0. The van der Waals surface area contributed by atoms with Crippen LogP contribution < -0.4 is 0 Å². The lowest BCUT2D eigenvalue weighted by atomic mass is 9.95. The third-order valence-corrected chi connectivity index (χ3v) is 8.49. The summed E-state index contributed by atoms with van der Waals surface area (Å²) in [5, 5.41) is 4.79. The summed E-state index contributed by atoms with van der Waals surface area (Å²) >= 11 is 0. The summed E-state index contributed by atoms with van der Waals surface area (Å²) in [5.74, 6) is 1.06. The first-order valence-electron chi connectivity index (χ1n) is 13.9. The van der Waals surface area contributed by atoms with Crippen molar-refractivity contribution in [3.8, 4) is 39.1 Å². The molecule has 0 aliphatic heterocycles. The molecule has 0 spiro atoms. The first-order valence-corrected chi connectivity index (χ1v) is 13.9. The minimum Gasteiger partial charge on any atom is -0.455 e. The Balaban J connectivity index is 1.33. The molecule has 0 radical (unpaired) electrons. The van der Waals surface area contributed by atoms with Crippen LogP contribution in [0, 0.1) is 0 Å². The maximum atomic E-state index is 6.65. The smallest absolute Gasteiger partial charge is 0.143 e. The zero-order chi connectivity index (χ0) is 26.4. The molecule has 6 aromatic carbocycles. The van der Waals surface area contributed by atoms with Gasteiger partial charge >= 0.3 is 0 Å². The topological polar surface area (TPSA) is 31.0 Å². The lowest BCUT2D eigenvalue weighted by molar-refractivity contribution is 0.673. The number of para-hydroxylation sites is 2. The first kappa shape index (κ1) is 21.7. The summed E-state index contributed by atoms with van der Waals surface area (Å²) in [4.78, 5) is 4.91. The van der Waals surface area contributed by atoms with E-state index in [1.165, 1.54) is 38.6 Å². The Hall–Kier alpha value is -5.15. The number of hydrogen-bond donors (Lipinski definition) is 0. The highest BCUT2D eigenvalue weighted by molar-refractivity contribution is 6.27. The number of aryl methyl sites for hydroxylation is 1. The summed E-state index contributed by atoms with van der Waals surface area (Å²) < 4.78 is 8.94. The molecule has 0 bridgehead atoms. The molecule has 0 amide bonds. The van der Waals surface area contributed by atoms with Crippen molar-refractivity contribution >= 4 is 43.7 Å². The van der Waals surface area contributed by atoms with Crippen LogP contribution in [0.3, 0.4) is 0 Å². The highest BCUT2D eigenvalue weighted by Crippen LogP contribution is 2.51. The number of fused-ring (bicyclic) bond motifs is 8. The van der Waals surface area contributed by atoms with Gasteiger partial charge in [-0.1, -0.05) is 85.8 Å². The summed E-state index contributed by atoms with van der Waals surface area (Å²) in [6.45, 7) is 2.16. The molecule has 3 nitrogen and oxygen atoms in total. The molecule has 3 heteroatoms. The van der Waals surface area contributed by atoms with E-state index in [1.54, 1.807) is 0 Å². The molecule has 0 saturated heterocycles. The van der Waals surface area contributed by atoms with Gasteiger partial charge in [-0.25, -0.2) is 4.98 Å². The maximum absolute atomic E-state index is 6.65. The Morgan fingerprint density at radius 1 is 0.625 bits per heavy atom. The zero-order valence-electron chi connectivity index (χ0n) is 22.0. The Kier molecular flexibility index (Phi) is 4.31. The highest BCUT2D eigenvalue weighted by atomic mass is 16.3. The average Bonchev–Trinajstić information content (AvgIpc) is 3.68. The van der Waals surface area contributed by atoms with E-state index in [1.807, 2.05) is 0 Å². The van der Waals surface area contributed by atoms with Crippen LogP contribution in [0.2, 0.25) is 0 Å². The quantitative estimate of drug-likeness (QED) is 0.236. The molecule has 2 heterocycles. The van der Waals surface area contributed by atoms with Crippen molar-refractivity contribution in [3.63, 3.8) is 0 Å². The van der Waals surface area contributed by atoms with Gasteiger partial charge in [0.05, 0.1) is 11.0 Å². The molecule has 188 valence electrons. The van der Waals surface area contributed by atoms with E-state index in [0.29, 0.717) is 0 Å². The average molecular weight is 513 g/mol. The van der Waals surface area contributed by atoms with Gasteiger partial charge < -0.3 is 4.42 Å². The second kappa shape index (κ2) is 7.93. The maximum Gasteiger partial charge on any atom is 0.143 e. The van der Waals surface area contributed by atoms with Gasteiger partial charge in [0.25, 0.3) is 0 Å². The fourth-order valence-electron chi connectivity index (χ4n) is 6.80. The van der Waals surface area contributed by atoms with Crippen molar-refractivity contribution in [1.29, 1.82) is 0 Å². The van der Waals surface area contributed by atoms with Gasteiger partial charge in [0, 0.05) is 33.7 Å². The fraction of sp³-hybridized carbons (Fsp3) is 0.0541. The highest BCUT2D eigenvalue weighted by Gasteiger charge is 2.25. The minimum absolute atomic E-state index is 0.861. The second-order valence-electron chi connectivity index (χ2n) is 10.6. The van der Waals surface area contributed by atoms with E-state index in [0.717, 1.165) is 56.5 Å². The van der Waals surface area contributed by atoms with Gasteiger partial charge in [-0.05, 0) is 69.8 Å². The van der Waals surface area contributed by atoms with Gasteiger partial charge in [0.15, 0.2) is 0 Å². The number of nitrogens with zero attached hydrogens (tertiary/aromatic N) is 2. The summed E-state index contributed by atoms with van der Waals surface area (Å²) in [5.41, 5.74) is 12.7. The van der Waals surface area contributed by atoms with Crippen molar-refractivity contribution in [2.45, 2.75) is 13.3 Å². The van der Waals surface area contributed by atoms with Gasteiger partial charge in [-0.3, -0.25) is 4.57 Å². The molecule has 8 aromatic rings. The van der Waals surface area contributed by atoms with E-state index >= 15 is 0 Å². The van der Waals surface area contributed by atoms with E-state index in [4.69, 9.17) is 9.40 Å². The van der Waals surface area contributed by atoms with E-state index in [-0.39, 0.29) is 0 Å². The predicted molar refractivity (Wildman–Crippen MR) is 165 cm³/mol. The van der Waals surface area contributed by atoms with Crippen LogP contribution in [0.5, 0.6) is 0 Å². The lowest BCUT2D eigenvalue weighted by Crippen LogP contribution is -2.00. The molecular weight excluding hydrogens is 488 g/mol. The lowest BCUT2D eigenvalue weighted by Gasteiger charge is -2.11. The van der Waals surface area contributed by atoms with Crippen LogP contribution in [0.15, 0.2) is 120 Å². The van der Waals surface area contributed by atoms with Crippen molar-refractivity contribution in [2.75, 3.05) is 0 Å². The van der Waals surface area contributed by atoms with Gasteiger partial charge in [0.2, 0.25) is 0 Å². The third-order valence-electron chi connectivity index (χ3n) is 8.49. The second-order valence-corrected chi connectivity index (χ2v) is 10.6. The number of hydrogen-bond acceptors (Lipinski definition) is 2. The molecular formula is C37H24N2O. The van der Waals surface area contributed by atoms with Gasteiger partial charge in [-0.2, -0.15) is 0 Å². The number of imidazole rings is 1. The number of benzene rings is 6. The van der Waals surface area contributed by atoms with Crippen molar-refractivity contribution in [3.05, 3.63) is 121 Å². The Morgan fingerprint density at radius 2 is 1.38 bits per heavy atom. The van der Waals surface area contributed by atoms with Crippen LogP contribution in [0.25, 0.3) is 82.8 Å². The standard InChI is InChI=1S/C37H24N2O/c1-2-34-38-31-17-5-6-18-32(31)39(34)23-11-7-10-22(20-23)24-14-9-19-33-36(24)30-21-29-26-13-4-3-12-25(26)27-15-8-16-28(35(27)29)37(30)40-33/h3-21H,2H2,1H3. The summed E-state index contributed by atoms with van der Waals surface area (Å²) in [6, 6.07) is 41.3. The Bertz CT molecular complexity index is 2320. The predicted octanol–water partition coefficient (Wildman–Crippen LogP) is 9.95. The molecule has 0 unspecified atom stereocenters. The molecule has 0 atom stereocenters. The van der Waals surface area contributed by atoms with Crippen molar-refractivity contribution < 1.29 is 4.42 Å². The van der Waals surface area contributed by atoms with Crippen molar-refractivity contribution in [1.82, 2.24) is 9.55 Å². The molecule has 2 aromatic heterocycles. The number of rotatable bonds is 3. The van der Waals surface area contributed by atoms with E-state index in [2.05, 4.69) is 127 Å². The first-order chi connectivity index (χ1) is 19.8. The minimum atomic E-state index is 0.861. The van der Waals surface area contributed by atoms with Crippen LogP contribution in [-0.4, -0.2) is 9.55 Å².